The molecule has 0 spiro atoms. The summed E-state index contributed by atoms with van der Waals surface area (Å²) in [6, 6.07) is 27.9. The fourth-order valence-corrected chi connectivity index (χ4v) is 7.85. The minimum absolute atomic E-state index is 0.0681. The lowest BCUT2D eigenvalue weighted by Gasteiger charge is -2.39. The normalized spacial score (nSPS) is 21.3. The molecule has 3 aromatic rings. The van der Waals surface area contributed by atoms with Gasteiger partial charge in [0.1, 0.15) is 0 Å². The smallest absolute Gasteiger partial charge is 0.253 e. The Balaban J connectivity index is 1.16. The van der Waals surface area contributed by atoms with Crippen LogP contribution in [0.2, 0.25) is 0 Å². The molecule has 1 atom stereocenters. The average molecular weight is 545 g/mol. The van der Waals surface area contributed by atoms with E-state index in [0.717, 1.165) is 26.1 Å². The first kappa shape index (κ1) is 26.2. The number of benzene rings is 3. The monoisotopic (exact) mass is 544 g/mol. The highest BCUT2D eigenvalue weighted by molar-refractivity contribution is 7.89. The van der Waals surface area contributed by atoms with Gasteiger partial charge in [0.25, 0.3) is 5.91 Å². The van der Waals surface area contributed by atoms with Crippen molar-refractivity contribution < 1.29 is 13.2 Å². The molecule has 0 aromatic heterocycles. The van der Waals surface area contributed by atoms with E-state index in [-0.39, 0.29) is 16.8 Å². The maximum Gasteiger partial charge on any atom is 0.253 e. The van der Waals surface area contributed by atoms with Crippen LogP contribution in [-0.4, -0.2) is 91.7 Å². The molecule has 7 nitrogen and oxygen atoms in total. The Bertz CT molecular complexity index is 1350. The topological polar surface area (TPSA) is 64.2 Å². The predicted octanol–water partition coefficient (Wildman–Crippen LogP) is 3.70. The predicted molar refractivity (Wildman–Crippen MR) is 152 cm³/mol. The zero-order valence-electron chi connectivity index (χ0n) is 22.2. The van der Waals surface area contributed by atoms with Crippen molar-refractivity contribution >= 4 is 15.9 Å². The van der Waals surface area contributed by atoms with Gasteiger partial charge in [-0.25, -0.2) is 8.42 Å². The van der Waals surface area contributed by atoms with E-state index < -0.39 is 10.0 Å². The number of carbonyl (C=O) groups excluding carboxylic acids is 1. The maximum absolute atomic E-state index is 13.7. The Hall–Kier alpha value is -3.04. The zero-order chi connectivity index (χ0) is 26.8. The summed E-state index contributed by atoms with van der Waals surface area (Å²) in [7, 11) is -3.71. The SMILES string of the molecule is O=C(c1cccc(S(=O)(=O)N2CCN(C(c3ccccc3)c3ccccc3)CC2)c1)N1CCN2CCC[C@@H]2C1. The van der Waals surface area contributed by atoms with Crippen LogP contribution in [0.5, 0.6) is 0 Å². The quantitative estimate of drug-likeness (QED) is 0.474. The second kappa shape index (κ2) is 11.2. The number of sulfonamides is 1. The van der Waals surface area contributed by atoms with Crippen molar-refractivity contribution in [3.05, 3.63) is 102 Å². The molecule has 3 aromatic carbocycles. The number of hydrogen-bond donors (Lipinski definition) is 0. The lowest BCUT2D eigenvalue weighted by atomic mass is 9.96. The van der Waals surface area contributed by atoms with Gasteiger partial charge in [0, 0.05) is 57.4 Å². The van der Waals surface area contributed by atoms with Crippen molar-refractivity contribution in [2.24, 2.45) is 0 Å². The summed E-state index contributed by atoms with van der Waals surface area (Å²) in [4.78, 5) is 20.2. The van der Waals surface area contributed by atoms with Crippen molar-refractivity contribution in [1.29, 1.82) is 0 Å². The van der Waals surface area contributed by atoms with E-state index in [1.807, 2.05) is 41.3 Å². The average Bonchev–Trinajstić information content (AvgIpc) is 3.47. The van der Waals surface area contributed by atoms with Crippen LogP contribution >= 0.6 is 0 Å². The third-order valence-corrected chi connectivity index (χ3v) is 10.4. The molecule has 0 unspecified atom stereocenters. The van der Waals surface area contributed by atoms with Gasteiger partial charge in [-0.1, -0.05) is 66.7 Å². The van der Waals surface area contributed by atoms with Gasteiger partial charge in [0.05, 0.1) is 10.9 Å². The van der Waals surface area contributed by atoms with E-state index in [4.69, 9.17) is 0 Å². The van der Waals surface area contributed by atoms with Gasteiger partial charge in [0.2, 0.25) is 10.0 Å². The highest BCUT2D eigenvalue weighted by Crippen LogP contribution is 2.31. The summed E-state index contributed by atoms with van der Waals surface area (Å²) in [6.07, 6.45) is 2.31. The summed E-state index contributed by atoms with van der Waals surface area (Å²) in [6.45, 7) is 5.48. The molecule has 1 amide bonds. The van der Waals surface area contributed by atoms with Crippen LogP contribution in [-0.2, 0) is 10.0 Å². The van der Waals surface area contributed by atoms with Gasteiger partial charge in [0.15, 0.2) is 0 Å². The molecule has 0 saturated carbocycles. The van der Waals surface area contributed by atoms with Crippen molar-refractivity contribution in [2.75, 3.05) is 52.4 Å². The first-order valence-electron chi connectivity index (χ1n) is 14.0. The van der Waals surface area contributed by atoms with Crippen LogP contribution in [0.3, 0.4) is 0 Å². The Morgan fingerprint density at radius 2 is 1.41 bits per heavy atom. The second-order valence-electron chi connectivity index (χ2n) is 10.8. The van der Waals surface area contributed by atoms with E-state index in [2.05, 4.69) is 34.1 Å². The third kappa shape index (κ3) is 5.39. The number of carbonyl (C=O) groups is 1. The Morgan fingerprint density at radius 3 is 2.08 bits per heavy atom. The van der Waals surface area contributed by atoms with Crippen LogP contribution in [0, 0.1) is 0 Å². The van der Waals surface area contributed by atoms with Crippen molar-refractivity contribution in [1.82, 2.24) is 19.0 Å². The van der Waals surface area contributed by atoms with E-state index in [0.29, 0.717) is 44.3 Å². The van der Waals surface area contributed by atoms with Gasteiger partial charge in [-0.05, 0) is 48.7 Å². The summed E-state index contributed by atoms with van der Waals surface area (Å²) >= 11 is 0. The first-order chi connectivity index (χ1) is 19.0. The molecule has 204 valence electrons. The Labute approximate surface area is 231 Å². The second-order valence-corrected chi connectivity index (χ2v) is 12.7. The van der Waals surface area contributed by atoms with Crippen LogP contribution in [0.25, 0.3) is 0 Å². The number of amides is 1. The molecule has 3 aliphatic heterocycles. The molecule has 39 heavy (non-hydrogen) atoms. The molecule has 0 N–H and O–H groups in total. The lowest BCUT2D eigenvalue weighted by molar-refractivity contribution is 0.0571. The van der Waals surface area contributed by atoms with Gasteiger partial charge >= 0.3 is 0 Å². The standard InChI is InChI=1S/C31H36N4O3S/c36-31(34-18-17-32-16-8-14-28(32)24-34)27-13-7-15-29(23-27)39(37,38)35-21-19-33(20-22-35)30(25-9-3-1-4-10-25)26-11-5-2-6-12-26/h1-7,9-13,15,23,28,30H,8,14,16-22,24H2/t28-/m1/s1. The fraction of sp³-hybridized carbons (Fsp3) is 0.387. The Morgan fingerprint density at radius 1 is 0.744 bits per heavy atom. The van der Waals surface area contributed by atoms with Crippen molar-refractivity contribution in [3.63, 3.8) is 0 Å². The van der Waals surface area contributed by atoms with Crippen molar-refractivity contribution in [2.45, 2.75) is 29.8 Å². The molecule has 6 rings (SSSR count). The maximum atomic E-state index is 13.7. The highest BCUT2D eigenvalue weighted by Gasteiger charge is 2.35. The summed E-state index contributed by atoms with van der Waals surface area (Å²) in [5.41, 5.74) is 2.85. The van der Waals surface area contributed by atoms with Crippen LogP contribution in [0.15, 0.2) is 89.8 Å². The number of hydrogen-bond acceptors (Lipinski definition) is 5. The van der Waals surface area contributed by atoms with Crippen molar-refractivity contribution in [3.8, 4) is 0 Å². The van der Waals surface area contributed by atoms with E-state index in [1.54, 1.807) is 28.6 Å². The third-order valence-electron chi connectivity index (χ3n) is 8.46. The number of fused-ring (bicyclic) bond motifs is 1. The zero-order valence-corrected chi connectivity index (χ0v) is 23.0. The summed E-state index contributed by atoms with van der Waals surface area (Å²) in [5.74, 6) is -0.0722. The molecule has 3 saturated heterocycles. The molecule has 0 bridgehead atoms. The molecule has 3 heterocycles. The fourth-order valence-electron chi connectivity index (χ4n) is 6.38. The van der Waals surface area contributed by atoms with Crippen LogP contribution < -0.4 is 0 Å². The van der Waals surface area contributed by atoms with E-state index >= 15 is 0 Å². The van der Waals surface area contributed by atoms with Gasteiger partial charge < -0.3 is 4.90 Å². The molecular formula is C31H36N4O3S. The molecule has 0 radical (unpaired) electrons. The number of piperazine rings is 2. The molecular weight excluding hydrogens is 508 g/mol. The van der Waals surface area contributed by atoms with Gasteiger partial charge in [-0.2, -0.15) is 4.31 Å². The number of rotatable bonds is 6. The number of nitrogens with zero attached hydrogens (tertiary/aromatic N) is 4. The summed E-state index contributed by atoms with van der Waals surface area (Å²) < 4.78 is 28.9. The molecule has 8 heteroatoms. The highest BCUT2D eigenvalue weighted by atomic mass is 32.2. The minimum atomic E-state index is -3.71. The first-order valence-corrected chi connectivity index (χ1v) is 15.4. The molecule has 3 aliphatic rings. The van der Waals surface area contributed by atoms with Gasteiger partial charge in [-0.15, -0.1) is 0 Å². The molecule has 3 fully saturated rings. The van der Waals surface area contributed by atoms with Crippen LogP contribution in [0.1, 0.15) is 40.4 Å². The minimum Gasteiger partial charge on any atom is -0.336 e. The van der Waals surface area contributed by atoms with E-state index in [9.17, 15) is 13.2 Å². The summed E-state index contributed by atoms with van der Waals surface area (Å²) in [5, 5.41) is 0. The Kier molecular flexibility index (Phi) is 7.53. The lowest BCUT2D eigenvalue weighted by Crippen LogP contribution is -2.52. The molecule has 0 aliphatic carbocycles. The largest absolute Gasteiger partial charge is 0.336 e. The van der Waals surface area contributed by atoms with E-state index in [1.165, 1.54) is 17.5 Å². The van der Waals surface area contributed by atoms with Crippen LogP contribution in [0.4, 0.5) is 0 Å². The van der Waals surface area contributed by atoms with Gasteiger partial charge in [-0.3, -0.25) is 14.6 Å².